The van der Waals surface area contributed by atoms with E-state index in [2.05, 4.69) is 40.4 Å². The summed E-state index contributed by atoms with van der Waals surface area (Å²) in [7, 11) is 2.16. The van der Waals surface area contributed by atoms with E-state index in [1.165, 1.54) is 19.3 Å². The summed E-state index contributed by atoms with van der Waals surface area (Å²) in [5, 5.41) is 5.33. The molecule has 6 rings (SSSR count). The van der Waals surface area contributed by atoms with Crippen LogP contribution in [0.15, 0.2) is 36.4 Å². The molecule has 178 valence electrons. The van der Waals surface area contributed by atoms with Crippen LogP contribution in [0.5, 0.6) is 6.01 Å². The monoisotopic (exact) mass is 478 g/mol. The fourth-order valence-electron chi connectivity index (χ4n) is 5.63. The van der Waals surface area contributed by atoms with Crippen molar-refractivity contribution in [2.24, 2.45) is 0 Å². The Kier molecular flexibility index (Phi) is 5.71. The number of benzene rings is 2. The molecule has 0 unspecified atom stereocenters. The number of likely N-dealkylation sites (N-methyl/N-ethyl adjacent to an activating group) is 1. The number of nitrogens with one attached hydrogen (secondary N) is 1. The van der Waals surface area contributed by atoms with Gasteiger partial charge < -0.3 is 25.6 Å². The number of halogens is 1. The normalized spacial score (nSPS) is 24.8. The van der Waals surface area contributed by atoms with Crippen molar-refractivity contribution in [2.75, 3.05) is 43.9 Å². The van der Waals surface area contributed by atoms with Crippen molar-refractivity contribution in [3.8, 4) is 17.1 Å². The number of nitrogen functional groups attached to an aromatic ring is 1. The van der Waals surface area contributed by atoms with Crippen LogP contribution in [0.1, 0.15) is 25.7 Å². The first-order valence-electron chi connectivity index (χ1n) is 12.2. The number of rotatable bonds is 5. The second-order valence-electron chi connectivity index (χ2n) is 9.93. The minimum absolute atomic E-state index is 0.418. The molecule has 3 fully saturated rings. The number of piperazine rings is 1. The minimum Gasteiger partial charge on any atom is -0.462 e. The van der Waals surface area contributed by atoms with Crippen LogP contribution in [-0.2, 0) is 0 Å². The summed E-state index contributed by atoms with van der Waals surface area (Å²) in [6, 6.07) is 14.0. The van der Waals surface area contributed by atoms with E-state index in [1.54, 1.807) is 0 Å². The molecule has 1 aromatic heterocycles. The summed E-state index contributed by atoms with van der Waals surface area (Å²) in [6.07, 6.45) is 4.82. The van der Waals surface area contributed by atoms with Crippen molar-refractivity contribution < 1.29 is 4.74 Å². The van der Waals surface area contributed by atoms with E-state index in [9.17, 15) is 0 Å². The number of likely N-dealkylation sites (tertiary alicyclic amines) is 1. The van der Waals surface area contributed by atoms with Crippen LogP contribution in [0.2, 0.25) is 5.02 Å². The molecule has 3 aromatic rings. The van der Waals surface area contributed by atoms with Gasteiger partial charge in [0.05, 0.1) is 16.2 Å². The van der Waals surface area contributed by atoms with E-state index >= 15 is 0 Å². The number of fused-ring (bicyclic) bond motifs is 3. The summed E-state index contributed by atoms with van der Waals surface area (Å²) >= 11 is 6.14. The van der Waals surface area contributed by atoms with Gasteiger partial charge in [0, 0.05) is 36.6 Å². The molecule has 0 spiro atoms. The third-order valence-electron chi connectivity index (χ3n) is 7.58. The first-order chi connectivity index (χ1) is 16.5. The highest BCUT2D eigenvalue weighted by molar-refractivity contribution is 6.33. The number of hydrogen-bond acceptors (Lipinski definition) is 7. The second-order valence-corrected chi connectivity index (χ2v) is 10.3. The molecular formula is C26H31ClN6O. The highest BCUT2D eigenvalue weighted by atomic mass is 35.5. The number of hydrogen-bond donors (Lipinski definition) is 2. The topological polar surface area (TPSA) is 79.5 Å². The molecule has 3 atom stereocenters. The standard InChI is InChI=1S/C26H31ClN6O/c1-32-10-2-3-20(32)15-34-26-30-24-12-17(16-5-9-22(27)23(28)11-16)4-8-21(24)25(31-26)33-13-18-6-7-19(14-33)29-18/h4-5,8-9,11-12,18-20,29H,2-3,6-7,10,13-15,28H2,1H3/t18-,19+,20-/m0/s1. The Morgan fingerprint density at radius 3 is 2.56 bits per heavy atom. The molecule has 2 bridgehead atoms. The third-order valence-corrected chi connectivity index (χ3v) is 7.92. The number of nitrogens with zero attached hydrogens (tertiary/aromatic N) is 4. The van der Waals surface area contributed by atoms with Crippen molar-refractivity contribution in [3.63, 3.8) is 0 Å². The molecule has 3 aliphatic rings. The maximum absolute atomic E-state index is 6.21. The molecule has 3 saturated heterocycles. The van der Waals surface area contributed by atoms with Gasteiger partial charge in [-0.2, -0.15) is 9.97 Å². The van der Waals surface area contributed by atoms with Gasteiger partial charge >= 0.3 is 6.01 Å². The van der Waals surface area contributed by atoms with Crippen LogP contribution >= 0.6 is 11.6 Å². The molecule has 3 N–H and O–H groups in total. The number of aromatic nitrogens is 2. The van der Waals surface area contributed by atoms with E-state index < -0.39 is 0 Å². The Hall–Kier alpha value is -2.61. The molecule has 8 heteroatoms. The second kappa shape index (κ2) is 8.87. The molecule has 4 heterocycles. The average Bonchev–Trinajstić information content (AvgIpc) is 3.41. The maximum atomic E-state index is 6.21. The first-order valence-corrected chi connectivity index (χ1v) is 12.6. The zero-order chi connectivity index (χ0) is 23.2. The fourth-order valence-corrected chi connectivity index (χ4v) is 5.75. The van der Waals surface area contributed by atoms with E-state index in [4.69, 9.17) is 32.0 Å². The van der Waals surface area contributed by atoms with Gasteiger partial charge in [-0.25, -0.2) is 0 Å². The summed E-state index contributed by atoms with van der Waals surface area (Å²) in [4.78, 5) is 14.6. The molecule has 3 aliphatic heterocycles. The van der Waals surface area contributed by atoms with Gasteiger partial charge in [0.25, 0.3) is 0 Å². The lowest BCUT2D eigenvalue weighted by Gasteiger charge is -2.34. The van der Waals surface area contributed by atoms with Crippen molar-refractivity contribution >= 4 is 34.0 Å². The van der Waals surface area contributed by atoms with E-state index in [1.807, 2.05) is 18.2 Å². The zero-order valence-corrected chi connectivity index (χ0v) is 20.3. The number of nitrogens with two attached hydrogens (primary N) is 1. The lowest BCUT2D eigenvalue weighted by Crippen LogP contribution is -2.51. The lowest BCUT2D eigenvalue weighted by molar-refractivity contribution is 0.188. The predicted molar refractivity (Wildman–Crippen MR) is 138 cm³/mol. The van der Waals surface area contributed by atoms with Crippen LogP contribution in [-0.4, -0.2) is 66.3 Å². The van der Waals surface area contributed by atoms with Crippen LogP contribution in [0.25, 0.3) is 22.0 Å². The maximum Gasteiger partial charge on any atom is 0.319 e. The molecule has 0 amide bonds. The van der Waals surface area contributed by atoms with Gasteiger partial charge in [-0.3, -0.25) is 0 Å². The van der Waals surface area contributed by atoms with Crippen molar-refractivity contribution in [2.45, 2.75) is 43.8 Å². The van der Waals surface area contributed by atoms with Crippen LogP contribution in [0, 0.1) is 0 Å². The zero-order valence-electron chi connectivity index (χ0n) is 19.5. The molecule has 34 heavy (non-hydrogen) atoms. The molecule has 0 aliphatic carbocycles. The van der Waals surface area contributed by atoms with Gasteiger partial charge in [-0.05, 0) is 74.7 Å². The Labute approximate surface area is 205 Å². The van der Waals surface area contributed by atoms with E-state index in [-0.39, 0.29) is 0 Å². The molecule has 7 nitrogen and oxygen atoms in total. The molecular weight excluding hydrogens is 448 g/mol. The van der Waals surface area contributed by atoms with Crippen molar-refractivity contribution in [1.29, 1.82) is 0 Å². The smallest absolute Gasteiger partial charge is 0.319 e. The van der Waals surface area contributed by atoms with E-state index in [0.29, 0.717) is 41.5 Å². The van der Waals surface area contributed by atoms with E-state index in [0.717, 1.165) is 53.9 Å². The Morgan fingerprint density at radius 1 is 1.06 bits per heavy atom. The van der Waals surface area contributed by atoms with Gasteiger partial charge in [-0.15, -0.1) is 0 Å². The van der Waals surface area contributed by atoms with Gasteiger partial charge in [0.1, 0.15) is 12.4 Å². The Balaban J connectivity index is 1.38. The highest BCUT2D eigenvalue weighted by Gasteiger charge is 2.33. The van der Waals surface area contributed by atoms with Gasteiger partial charge in [0.15, 0.2) is 0 Å². The van der Waals surface area contributed by atoms with Crippen LogP contribution in [0.4, 0.5) is 11.5 Å². The van der Waals surface area contributed by atoms with Gasteiger partial charge in [0.2, 0.25) is 0 Å². The quantitative estimate of drug-likeness (QED) is 0.537. The van der Waals surface area contributed by atoms with Crippen molar-refractivity contribution in [1.82, 2.24) is 20.2 Å². The molecule has 0 radical (unpaired) electrons. The van der Waals surface area contributed by atoms with Gasteiger partial charge in [-0.1, -0.05) is 23.7 Å². The lowest BCUT2D eigenvalue weighted by atomic mass is 10.0. The predicted octanol–water partition coefficient (Wildman–Crippen LogP) is 3.95. The Morgan fingerprint density at radius 2 is 1.82 bits per heavy atom. The summed E-state index contributed by atoms with van der Waals surface area (Å²) in [5.74, 6) is 0.973. The largest absolute Gasteiger partial charge is 0.462 e. The SMILES string of the molecule is CN1CCC[C@H]1COc1nc(N2C[C@H]3CC[C@@H](C2)N3)c2ccc(-c3ccc(Cl)c(N)c3)cc2n1. The molecule has 0 saturated carbocycles. The first kappa shape index (κ1) is 21.9. The fraction of sp³-hybridized carbons (Fsp3) is 0.462. The summed E-state index contributed by atoms with van der Waals surface area (Å²) in [6.45, 7) is 3.66. The summed E-state index contributed by atoms with van der Waals surface area (Å²) in [5.41, 5.74) is 9.58. The van der Waals surface area contributed by atoms with Crippen molar-refractivity contribution in [3.05, 3.63) is 41.4 Å². The van der Waals surface area contributed by atoms with Crippen LogP contribution < -0.4 is 20.7 Å². The number of anilines is 2. The summed E-state index contributed by atoms with van der Waals surface area (Å²) < 4.78 is 6.21. The highest BCUT2D eigenvalue weighted by Crippen LogP contribution is 2.34. The number of ether oxygens (including phenoxy) is 1. The Bertz CT molecular complexity index is 1210. The third kappa shape index (κ3) is 4.17. The minimum atomic E-state index is 0.418. The molecule has 2 aromatic carbocycles. The average molecular weight is 479 g/mol. The van der Waals surface area contributed by atoms with Crippen LogP contribution in [0.3, 0.4) is 0 Å².